The Balaban J connectivity index is 2.13. The first-order chi connectivity index (χ1) is 8.90. The molecule has 2 aliphatic rings. The molecule has 0 saturated heterocycles. The van der Waals surface area contributed by atoms with Gasteiger partial charge >= 0.3 is 11.9 Å². The molecule has 0 aliphatic heterocycles. The quantitative estimate of drug-likeness (QED) is 0.579. The van der Waals surface area contributed by atoms with E-state index in [0.717, 1.165) is 6.42 Å². The highest BCUT2D eigenvalue weighted by molar-refractivity contribution is 5.84. The van der Waals surface area contributed by atoms with Gasteiger partial charge in [-0.3, -0.25) is 9.59 Å². The van der Waals surface area contributed by atoms with E-state index < -0.39 is 0 Å². The molecule has 4 nitrogen and oxygen atoms in total. The fourth-order valence-electron chi connectivity index (χ4n) is 3.09. The van der Waals surface area contributed by atoms with Crippen LogP contribution < -0.4 is 0 Å². The number of carbonyl (C=O) groups is 2. The first-order valence-corrected chi connectivity index (χ1v) is 6.99. The summed E-state index contributed by atoms with van der Waals surface area (Å²) in [6.07, 6.45) is 4.62. The minimum atomic E-state index is -0.372. The second-order valence-electron chi connectivity index (χ2n) is 5.97. The number of allylic oxidation sites excluding steroid dienone is 2. The summed E-state index contributed by atoms with van der Waals surface area (Å²) in [5.74, 6) is -1.02. The van der Waals surface area contributed by atoms with Gasteiger partial charge in [-0.25, -0.2) is 0 Å². The molecule has 4 heteroatoms. The third-order valence-electron chi connectivity index (χ3n) is 3.71. The van der Waals surface area contributed by atoms with Crippen molar-refractivity contribution in [2.24, 2.45) is 23.7 Å². The summed E-state index contributed by atoms with van der Waals surface area (Å²) in [5.41, 5.74) is 0. The van der Waals surface area contributed by atoms with Crippen molar-refractivity contribution in [2.75, 3.05) is 0 Å². The van der Waals surface area contributed by atoms with Crippen molar-refractivity contribution < 1.29 is 19.1 Å². The molecular formula is C15H22O4. The molecule has 106 valence electrons. The number of rotatable bonds is 4. The fraction of sp³-hybridized carbons (Fsp3) is 0.733. The molecular weight excluding hydrogens is 244 g/mol. The molecule has 0 heterocycles. The normalized spacial score (nSPS) is 32.1. The SMILES string of the molecule is CC(C)OC(=O)[C@@H]1[C@H](C(=O)OC(C)C)[C@H]2C=C[C@@H]1C2. The highest BCUT2D eigenvalue weighted by atomic mass is 16.6. The number of esters is 2. The molecule has 1 saturated carbocycles. The Morgan fingerprint density at radius 2 is 1.26 bits per heavy atom. The van der Waals surface area contributed by atoms with Gasteiger partial charge in [0.15, 0.2) is 0 Å². The lowest BCUT2D eigenvalue weighted by atomic mass is 9.83. The van der Waals surface area contributed by atoms with Crippen LogP contribution in [0.15, 0.2) is 12.2 Å². The number of hydrogen-bond acceptors (Lipinski definition) is 4. The van der Waals surface area contributed by atoms with E-state index in [4.69, 9.17) is 9.47 Å². The summed E-state index contributed by atoms with van der Waals surface area (Å²) in [6.45, 7) is 7.29. The summed E-state index contributed by atoms with van der Waals surface area (Å²) >= 11 is 0. The van der Waals surface area contributed by atoms with E-state index in [1.165, 1.54) is 0 Å². The van der Waals surface area contributed by atoms with Crippen molar-refractivity contribution >= 4 is 11.9 Å². The summed E-state index contributed by atoms with van der Waals surface area (Å²) < 4.78 is 10.6. The molecule has 0 aromatic carbocycles. The van der Waals surface area contributed by atoms with E-state index in [1.807, 2.05) is 39.8 Å². The fourth-order valence-corrected chi connectivity index (χ4v) is 3.09. The van der Waals surface area contributed by atoms with Crippen molar-refractivity contribution in [3.05, 3.63) is 12.2 Å². The van der Waals surface area contributed by atoms with Crippen LogP contribution in [0, 0.1) is 23.7 Å². The minimum Gasteiger partial charge on any atom is -0.463 e. The molecule has 0 N–H and O–H groups in total. The van der Waals surface area contributed by atoms with Crippen LogP contribution in [-0.2, 0) is 19.1 Å². The van der Waals surface area contributed by atoms with Crippen LogP contribution in [0.1, 0.15) is 34.1 Å². The molecule has 2 aliphatic carbocycles. The molecule has 4 atom stereocenters. The first kappa shape index (κ1) is 14.1. The molecule has 2 bridgehead atoms. The van der Waals surface area contributed by atoms with Crippen LogP contribution in [0.5, 0.6) is 0 Å². The van der Waals surface area contributed by atoms with Gasteiger partial charge in [0, 0.05) is 0 Å². The van der Waals surface area contributed by atoms with Crippen LogP contribution in [0.25, 0.3) is 0 Å². The number of carbonyl (C=O) groups excluding carboxylic acids is 2. The van der Waals surface area contributed by atoms with E-state index in [1.54, 1.807) is 0 Å². The summed E-state index contributed by atoms with van der Waals surface area (Å²) in [6, 6.07) is 0. The van der Waals surface area contributed by atoms with Crippen molar-refractivity contribution in [3.8, 4) is 0 Å². The maximum atomic E-state index is 12.2. The van der Waals surface area contributed by atoms with Gasteiger partial charge in [0.1, 0.15) is 0 Å². The van der Waals surface area contributed by atoms with Gasteiger partial charge in [0.2, 0.25) is 0 Å². The molecule has 0 aromatic rings. The largest absolute Gasteiger partial charge is 0.463 e. The second kappa shape index (κ2) is 5.35. The van der Waals surface area contributed by atoms with Gasteiger partial charge < -0.3 is 9.47 Å². The Hall–Kier alpha value is -1.32. The standard InChI is InChI=1S/C15H22O4/c1-8(2)18-14(16)12-10-5-6-11(7-10)13(12)15(17)19-9(3)4/h5-6,8-13H,7H2,1-4H3/t10-,11+,12+,13-. The van der Waals surface area contributed by atoms with E-state index in [-0.39, 0.29) is 47.8 Å². The molecule has 0 amide bonds. The van der Waals surface area contributed by atoms with Crippen LogP contribution in [0.4, 0.5) is 0 Å². The maximum absolute atomic E-state index is 12.2. The van der Waals surface area contributed by atoms with Crippen molar-refractivity contribution in [3.63, 3.8) is 0 Å². The first-order valence-electron chi connectivity index (χ1n) is 6.99. The van der Waals surface area contributed by atoms with Crippen LogP contribution in [0.3, 0.4) is 0 Å². The van der Waals surface area contributed by atoms with E-state index in [0.29, 0.717) is 0 Å². The minimum absolute atomic E-state index is 0.126. The Kier molecular flexibility index (Phi) is 3.97. The van der Waals surface area contributed by atoms with Gasteiger partial charge in [-0.2, -0.15) is 0 Å². The molecule has 2 rings (SSSR count). The van der Waals surface area contributed by atoms with Crippen LogP contribution in [-0.4, -0.2) is 24.1 Å². The summed E-state index contributed by atoms with van der Waals surface area (Å²) in [7, 11) is 0. The van der Waals surface area contributed by atoms with Crippen LogP contribution >= 0.6 is 0 Å². The third-order valence-corrected chi connectivity index (χ3v) is 3.71. The monoisotopic (exact) mass is 266 g/mol. The Morgan fingerprint density at radius 1 is 0.895 bits per heavy atom. The Morgan fingerprint density at radius 3 is 1.58 bits per heavy atom. The molecule has 0 aromatic heterocycles. The lowest BCUT2D eigenvalue weighted by molar-refractivity contribution is -0.165. The Labute approximate surface area is 114 Å². The molecule has 0 spiro atoms. The van der Waals surface area contributed by atoms with E-state index >= 15 is 0 Å². The van der Waals surface area contributed by atoms with Gasteiger partial charge in [-0.1, -0.05) is 12.2 Å². The molecule has 19 heavy (non-hydrogen) atoms. The topological polar surface area (TPSA) is 52.6 Å². The van der Waals surface area contributed by atoms with Crippen molar-refractivity contribution in [2.45, 2.75) is 46.3 Å². The smallest absolute Gasteiger partial charge is 0.310 e. The zero-order valence-electron chi connectivity index (χ0n) is 12.0. The highest BCUT2D eigenvalue weighted by Gasteiger charge is 2.53. The average Bonchev–Trinajstić information content (AvgIpc) is 2.85. The molecule has 1 fully saturated rings. The van der Waals surface area contributed by atoms with Gasteiger partial charge in [0.25, 0.3) is 0 Å². The predicted molar refractivity (Wildman–Crippen MR) is 70.2 cm³/mol. The predicted octanol–water partition coefficient (Wildman–Crippen LogP) is 2.33. The van der Waals surface area contributed by atoms with Crippen molar-refractivity contribution in [1.82, 2.24) is 0 Å². The Bertz CT molecular complexity index is 361. The van der Waals surface area contributed by atoms with Gasteiger partial charge in [-0.15, -0.1) is 0 Å². The van der Waals surface area contributed by atoms with Crippen LogP contribution in [0.2, 0.25) is 0 Å². The zero-order valence-corrected chi connectivity index (χ0v) is 12.0. The highest BCUT2D eigenvalue weighted by Crippen LogP contribution is 2.49. The van der Waals surface area contributed by atoms with E-state index in [9.17, 15) is 9.59 Å². The lowest BCUT2D eigenvalue weighted by Gasteiger charge is -2.26. The maximum Gasteiger partial charge on any atom is 0.310 e. The number of hydrogen-bond donors (Lipinski definition) is 0. The second-order valence-corrected chi connectivity index (χ2v) is 5.97. The van der Waals surface area contributed by atoms with Crippen molar-refractivity contribution in [1.29, 1.82) is 0 Å². The number of fused-ring (bicyclic) bond motifs is 2. The summed E-state index contributed by atoms with van der Waals surface area (Å²) in [4.78, 5) is 24.4. The number of ether oxygens (including phenoxy) is 2. The third kappa shape index (κ3) is 2.82. The average molecular weight is 266 g/mol. The van der Waals surface area contributed by atoms with Gasteiger partial charge in [-0.05, 0) is 46.0 Å². The van der Waals surface area contributed by atoms with Gasteiger partial charge in [0.05, 0.1) is 24.0 Å². The zero-order chi connectivity index (χ0) is 14.2. The molecule has 0 radical (unpaired) electrons. The lowest BCUT2D eigenvalue weighted by Crippen LogP contribution is -2.37. The summed E-state index contributed by atoms with van der Waals surface area (Å²) in [5, 5.41) is 0. The molecule has 0 unspecified atom stereocenters. The van der Waals surface area contributed by atoms with E-state index in [2.05, 4.69) is 0 Å².